The van der Waals surface area contributed by atoms with Gasteiger partial charge in [0.25, 0.3) is 0 Å². The third-order valence-electron chi connectivity index (χ3n) is 1.81. The van der Waals surface area contributed by atoms with Crippen molar-refractivity contribution in [3.63, 3.8) is 0 Å². The summed E-state index contributed by atoms with van der Waals surface area (Å²) in [7, 11) is 0. The number of benzene rings is 1. The molecule has 2 nitrogen and oxygen atoms in total. The van der Waals surface area contributed by atoms with Crippen LogP contribution in [-0.4, -0.2) is 4.98 Å². The highest BCUT2D eigenvalue weighted by Crippen LogP contribution is 2.20. The number of nitrogens with one attached hydrogen (secondary N) is 1. The van der Waals surface area contributed by atoms with Gasteiger partial charge in [0.1, 0.15) is 5.15 Å². The average Bonchev–Trinajstić information content (AvgIpc) is 2.62. The molecule has 2 rings (SSSR count). The second kappa shape index (κ2) is 4.84. The molecule has 0 amide bonds. The van der Waals surface area contributed by atoms with Crippen LogP contribution < -0.4 is 5.32 Å². The molecule has 5 heteroatoms. The molecule has 0 atom stereocenters. The minimum atomic E-state index is 0.522. The number of hydrogen-bond donors (Lipinski definition) is 1. The van der Waals surface area contributed by atoms with E-state index in [9.17, 15) is 0 Å². The van der Waals surface area contributed by atoms with Gasteiger partial charge in [-0.15, -0.1) is 11.3 Å². The van der Waals surface area contributed by atoms with E-state index in [-0.39, 0.29) is 0 Å². The number of halogens is 2. The molecule has 0 radical (unpaired) electrons. The van der Waals surface area contributed by atoms with Gasteiger partial charge in [0, 0.05) is 16.9 Å². The molecule has 0 bridgehead atoms. The first-order chi connectivity index (χ1) is 7.24. The summed E-state index contributed by atoms with van der Waals surface area (Å²) in [5.74, 6) is 0. The molecule has 1 heterocycles. The molecule has 0 fully saturated rings. The molecule has 0 saturated carbocycles. The second-order valence-electron chi connectivity index (χ2n) is 2.96. The van der Waals surface area contributed by atoms with E-state index < -0.39 is 0 Å². The van der Waals surface area contributed by atoms with E-state index in [1.807, 2.05) is 24.3 Å². The number of rotatable bonds is 3. The van der Waals surface area contributed by atoms with Crippen LogP contribution in [0.4, 0.5) is 5.13 Å². The molecule has 1 aromatic carbocycles. The summed E-state index contributed by atoms with van der Waals surface area (Å²) in [6.45, 7) is 0.699. The second-order valence-corrected chi connectivity index (χ2v) is 4.64. The zero-order valence-electron chi connectivity index (χ0n) is 7.71. The Balaban J connectivity index is 1.99. The smallest absolute Gasteiger partial charge is 0.184 e. The molecule has 0 aliphatic carbocycles. The predicted octanol–water partition coefficient (Wildman–Crippen LogP) is 4.06. The van der Waals surface area contributed by atoms with Gasteiger partial charge >= 0.3 is 0 Å². The van der Waals surface area contributed by atoms with Crippen molar-refractivity contribution in [1.29, 1.82) is 0 Å². The Hall–Kier alpha value is -0.770. The number of anilines is 1. The summed E-state index contributed by atoms with van der Waals surface area (Å²) in [5.41, 5.74) is 1.12. The Morgan fingerprint density at radius 3 is 2.87 bits per heavy atom. The third-order valence-corrected chi connectivity index (χ3v) is 3.17. The fraction of sp³-hybridized carbons (Fsp3) is 0.100. The number of nitrogens with zero attached hydrogens (tertiary/aromatic N) is 1. The first-order valence-electron chi connectivity index (χ1n) is 4.33. The van der Waals surface area contributed by atoms with Crippen LogP contribution in [0, 0.1) is 0 Å². The van der Waals surface area contributed by atoms with Crippen LogP contribution in [0.15, 0.2) is 29.6 Å². The van der Waals surface area contributed by atoms with Gasteiger partial charge in [-0.3, -0.25) is 0 Å². The highest BCUT2D eigenvalue weighted by atomic mass is 35.5. The summed E-state index contributed by atoms with van der Waals surface area (Å²) in [6, 6.07) is 7.71. The molecule has 0 aliphatic heterocycles. The SMILES string of the molecule is Clc1cccc(CNc2nc(Cl)cs2)c1. The molecule has 0 aliphatic rings. The van der Waals surface area contributed by atoms with Gasteiger partial charge in [-0.1, -0.05) is 35.3 Å². The summed E-state index contributed by atoms with van der Waals surface area (Å²) in [6.07, 6.45) is 0. The highest BCUT2D eigenvalue weighted by molar-refractivity contribution is 7.14. The quantitative estimate of drug-likeness (QED) is 0.898. The van der Waals surface area contributed by atoms with Crippen molar-refractivity contribution in [3.05, 3.63) is 45.4 Å². The Kier molecular flexibility index (Phi) is 3.46. The zero-order valence-corrected chi connectivity index (χ0v) is 10.0. The fourth-order valence-corrected chi connectivity index (χ4v) is 2.21. The Morgan fingerprint density at radius 2 is 2.20 bits per heavy atom. The van der Waals surface area contributed by atoms with Crippen LogP contribution in [0.3, 0.4) is 0 Å². The van der Waals surface area contributed by atoms with E-state index in [1.54, 1.807) is 5.38 Å². The number of thiazole rings is 1. The van der Waals surface area contributed by atoms with Gasteiger partial charge in [0.15, 0.2) is 5.13 Å². The van der Waals surface area contributed by atoms with E-state index in [0.29, 0.717) is 11.7 Å². The summed E-state index contributed by atoms with van der Waals surface area (Å²) < 4.78 is 0. The van der Waals surface area contributed by atoms with Crippen molar-refractivity contribution in [2.75, 3.05) is 5.32 Å². The lowest BCUT2D eigenvalue weighted by molar-refractivity contribution is 1.13. The maximum atomic E-state index is 5.87. The Labute approximate surface area is 102 Å². The largest absolute Gasteiger partial charge is 0.357 e. The Morgan fingerprint density at radius 1 is 1.33 bits per heavy atom. The average molecular weight is 259 g/mol. The van der Waals surface area contributed by atoms with E-state index in [1.165, 1.54) is 11.3 Å². The predicted molar refractivity (Wildman–Crippen MR) is 65.9 cm³/mol. The molecular weight excluding hydrogens is 251 g/mol. The summed E-state index contributed by atoms with van der Waals surface area (Å²) >= 11 is 13.1. The van der Waals surface area contributed by atoms with Crippen molar-refractivity contribution in [3.8, 4) is 0 Å². The van der Waals surface area contributed by atoms with Gasteiger partial charge < -0.3 is 5.32 Å². The maximum absolute atomic E-state index is 5.87. The molecular formula is C10H8Cl2N2S. The normalized spacial score (nSPS) is 10.3. The first-order valence-corrected chi connectivity index (χ1v) is 5.97. The van der Waals surface area contributed by atoms with E-state index in [2.05, 4.69) is 10.3 Å². The highest BCUT2D eigenvalue weighted by Gasteiger charge is 1.99. The van der Waals surface area contributed by atoms with Crippen LogP contribution in [0.1, 0.15) is 5.56 Å². The van der Waals surface area contributed by atoms with Crippen LogP contribution >= 0.6 is 34.5 Å². The lowest BCUT2D eigenvalue weighted by Gasteiger charge is -2.02. The van der Waals surface area contributed by atoms with E-state index in [0.717, 1.165) is 15.7 Å². The zero-order chi connectivity index (χ0) is 10.7. The monoisotopic (exact) mass is 258 g/mol. The van der Waals surface area contributed by atoms with Gasteiger partial charge in [0.05, 0.1) is 0 Å². The lowest BCUT2D eigenvalue weighted by Crippen LogP contribution is -1.98. The minimum Gasteiger partial charge on any atom is -0.357 e. The topological polar surface area (TPSA) is 24.9 Å². The maximum Gasteiger partial charge on any atom is 0.184 e. The molecule has 78 valence electrons. The van der Waals surface area contributed by atoms with Crippen molar-refractivity contribution in [2.45, 2.75) is 6.54 Å². The van der Waals surface area contributed by atoms with Gasteiger partial charge in [-0.25, -0.2) is 4.98 Å². The van der Waals surface area contributed by atoms with Crippen LogP contribution in [-0.2, 0) is 6.54 Å². The third kappa shape index (κ3) is 3.09. The number of aromatic nitrogens is 1. The fourth-order valence-electron chi connectivity index (χ4n) is 1.16. The van der Waals surface area contributed by atoms with Gasteiger partial charge in [-0.2, -0.15) is 0 Å². The molecule has 0 saturated heterocycles. The summed E-state index contributed by atoms with van der Waals surface area (Å²) in [4.78, 5) is 4.09. The first kappa shape index (κ1) is 10.7. The Bertz CT molecular complexity index is 456. The van der Waals surface area contributed by atoms with Crippen LogP contribution in [0.25, 0.3) is 0 Å². The van der Waals surface area contributed by atoms with Crippen LogP contribution in [0.5, 0.6) is 0 Å². The summed E-state index contributed by atoms with van der Waals surface area (Å²) in [5, 5.41) is 7.05. The lowest BCUT2D eigenvalue weighted by atomic mass is 10.2. The van der Waals surface area contributed by atoms with E-state index >= 15 is 0 Å². The minimum absolute atomic E-state index is 0.522. The molecule has 0 spiro atoms. The molecule has 1 N–H and O–H groups in total. The molecule has 1 aromatic heterocycles. The molecule has 0 unspecified atom stereocenters. The van der Waals surface area contributed by atoms with E-state index in [4.69, 9.17) is 23.2 Å². The van der Waals surface area contributed by atoms with Gasteiger partial charge in [-0.05, 0) is 17.7 Å². The van der Waals surface area contributed by atoms with Crippen LogP contribution in [0.2, 0.25) is 10.2 Å². The standard InChI is InChI=1S/C10H8Cl2N2S/c11-8-3-1-2-7(4-8)5-13-10-14-9(12)6-15-10/h1-4,6H,5H2,(H,13,14). The van der Waals surface area contributed by atoms with Crippen molar-refractivity contribution in [2.24, 2.45) is 0 Å². The van der Waals surface area contributed by atoms with Gasteiger partial charge in [0.2, 0.25) is 0 Å². The number of hydrogen-bond acceptors (Lipinski definition) is 3. The molecule has 2 aromatic rings. The van der Waals surface area contributed by atoms with Crippen molar-refractivity contribution < 1.29 is 0 Å². The van der Waals surface area contributed by atoms with Crippen molar-refractivity contribution in [1.82, 2.24) is 4.98 Å². The molecule has 15 heavy (non-hydrogen) atoms. The van der Waals surface area contributed by atoms with Crippen molar-refractivity contribution >= 4 is 39.7 Å².